The van der Waals surface area contributed by atoms with Crippen LogP contribution in [0.25, 0.3) is 0 Å². The number of morpholine rings is 1. The van der Waals surface area contributed by atoms with Crippen LogP contribution in [0.15, 0.2) is 53.1 Å². The van der Waals surface area contributed by atoms with Gasteiger partial charge in [-0.05, 0) is 12.1 Å². The zero-order valence-corrected chi connectivity index (χ0v) is 12.5. The van der Waals surface area contributed by atoms with Gasteiger partial charge in [-0.3, -0.25) is 4.79 Å². The number of furan rings is 1. The maximum atomic E-state index is 12.8. The van der Waals surface area contributed by atoms with E-state index in [1.807, 2.05) is 6.07 Å². The molecule has 6 heteroatoms. The summed E-state index contributed by atoms with van der Waals surface area (Å²) in [4.78, 5) is 26.6. The zero-order valence-electron chi connectivity index (χ0n) is 12.5. The largest absolute Gasteiger partial charge is 0.457 e. The van der Waals surface area contributed by atoms with Crippen molar-refractivity contribution in [3.05, 3.63) is 60.1 Å². The number of hydrogen-bond acceptors (Lipinski definition) is 5. The summed E-state index contributed by atoms with van der Waals surface area (Å²) in [5.41, 5.74) is 0.629. The van der Waals surface area contributed by atoms with E-state index in [1.165, 1.54) is 12.3 Å². The molecular weight excluding hydrogens is 298 g/mol. The summed E-state index contributed by atoms with van der Waals surface area (Å²) in [6, 6.07) is 12.1. The molecule has 6 nitrogen and oxygen atoms in total. The second kappa shape index (κ2) is 7.11. The van der Waals surface area contributed by atoms with E-state index in [-0.39, 0.29) is 11.7 Å². The maximum Gasteiger partial charge on any atom is 0.375 e. The van der Waals surface area contributed by atoms with Crippen molar-refractivity contribution in [1.29, 1.82) is 0 Å². The van der Waals surface area contributed by atoms with E-state index in [0.717, 1.165) is 0 Å². The fraction of sp³-hybridized carbons (Fsp3) is 0.294. The summed E-state index contributed by atoms with van der Waals surface area (Å²) in [5, 5.41) is 0. The minimum absolute atomic E-state index is 0.0701. The average Bonchev–Trinajstić information content (AvgIpc) is 3.15. The van der Waals surface area contributed by atoms with Crippen molar-refractivity contribution in [1.82, 2.24) is 4.90 Å². The average molecular weight is 315 g/mol. The molecule has 1 unspecified atom stereocenters. The van der Waals surface area contributed by atoms with Crippen molar-refractivity contribution in [2.45, 2.75) is 6.10 Å². The van der Waals surface area contributed by atoms with Crippen LogP contribution in [-0.4, -0.2) is 43.1 Å². The van der Waals surface area contributed by atoms with Crippen molar-refractivity contribution in [3.8, 4) is 0 Å². The van der Waals surface area contributed by atoms with Gasteiger partial charge >= 0.3 is 5.97 Å². The molecule has 3 rings (SSSR count). The molecule has 23 heavy (non-hydrogen) atoms. The molecule has 1 amide bonds. The Hall–Kier alpha value is -2.60. The van der Waals surface area contributed by atoms with Crippen LogP contribution in [0.1, 0.15) is 22.2 Å². The number of benzene rings is 1. The topological polar surface area (TPSA) is 69.0 Å². The van der Waals surface area contributed by atoms with Crippen molar-refractivity contribution >= 4 is 11.9 Å². The lowest BCUT2D eigenvalue weighted by Gasteiger charge is -2.30. The Balaban J connectivity index is 1.81. The maximum absolute atomic E-state index is 12.8. The highest BCUT2D eigenvalue weighted by atomic mass is 16.6. The molecule has 2 heterocycles. The first kappa shape index (κ1) is 15.3. The Bertz CT molecular complexity index is 647. The molecule has 1 fully saturated rings. The van der Waals surface area contributed by atoms with E-state index < -0.39 is 12.1 Å². The molecule has 0 aliphatic carbocycles. The number of carbonyl (C=O) groups excluding carboxylic acids is 2. The van der Waals surface area contributed by atoms with Crippen molar-refractivity contribution in [3.63, 3.8) is 0 Å². The van der Waals surface area contributed by atoms with E-state index >= 15 is 0 Å². The molecule has 0 spiro atoms. The second-order valence-electron chi connectivity index (χ2n) is 5.11. The molecule has 2 aromatic rings. The number of carbonyl (C=O) groups is 2. The van der Waals surface area contributed by atoms with Crippen LogP contribution in [0, 0.1) is 0 Å². The lowest BCUT2D eigenvalue weighted by Crippen LogP contribution is -2.44. The van der Waals surface area contributed by atoms with Crippen LogP contribution in [0.4, 0.5) is 0 Å². The first-order valence-corrected chi connectivity index (χ1v) is 7.41. The third-order valence-electron chi connectivity index (χ3n) is 3.60. The van der Waals surface area contributed by atoms with Gasteiger partial charge in [0.2, 0.25) is 11.9 Å². The number of ether oxygens (including phenoxy) is 2. The number of amides is 1. The molecule has 1 aliphatic rings. The lowest BCUT2D eigenvalue weighted by molar-refractivity contribution is -0.145. The molecule has 1 aromatic heterocycles. The zero-order chi connectivity index (χ0) is 16.1. The van der Waals surface area contributed by atoms with Crippen LogP contribution in [0.3, 0.4) is 0 Å². The van der Waals surface area contributed by atoms with Gasteiger partial charge in [-0.2, -0.15) is 0 Å². The SMILES string of the molecule is O=C(OC(C(=O)N1CCOCC1)c1ccccc1)c1ccco1. The molecular formula is C17H17NO5. The number of nitrogens with zero attached hydrogens (tertiary/aromatic N) is 1. The van der Waals surface area contributed by atoms with Crippen LogP contribution < -0.4 is 0 Å². The Morgan fingerprint density at radius 2 is 1.78 bits per heavy atom. The molecule has 0 radical (unpaired) electrons. The first-order chi connectivity index (χ1) is 11.3. The smallest absolute Gasteiger partial charge is 0.375 e. The first-order valence-electron chi connectivity index (χ1n) is 7.41. The standard InChI is InChI=1S/C17H17NO5/c19-16(18-8-11-21-12-9-18)15(13-5-2-1-3-6-13)23-17(20)14-7-4-10-22-14/h1-7,10,15H,8-9,11-12H2. The third-order valence-corrected chi connectivity index (χ3v) is 3.60. The summed E-state index contributed by atoms with van der Waals surface area (Å²) >= 11 is 0. The van der Waals surface area contributed by atoms with E-state index in [1.54, 1.807) is 35.2 Å². The Labute approximate surface area is 133 Å². The highest BCUT2D eigenvalue weighted by Crippen LogP contribution is 2.22. The molecule has 1 aromatic carbocycles. The second-order valence-corrected chi connectivity index (χ2v) is 5.11. The summed E-state index contributed by atoms with van der Waals surface area (Å²) in [6.07, 6.45) is 0.393. The summed E-state index contributed by atoms with van der Waals surface area (Å²) < 4.78 is 15.7. The molecule has 1 atom stereocenters. The fourth-order valence-corrected chi connectivity index (χ4v) is 2.40. The van der Waals surface area contributed by atoms with Gasteiger partial charge in [0, 0.05) is 18.7 Å². The van der Waals surface area contributed by atoms with Gasteiger partial charge in [0.15, 0.2) is 0 Å². The molecule has 120 valence electrons. The van der Waals surface area contributed by atoms with Crippen molar-refractivity contribution in [2.75, 3.05) is 26.3 Å². The predicted octanol–water partition coefficient (Wildman–Crippen LogP) is 2.04. The minimum Gasteiger partial charge on any atom is -0.457 e. The predicted molar refractivity (Wildman–Crippen MR) is 80.7 cm³/mol. The lowest BCUT2D eigenvalue weighted by atomic mass is 10.1. The Kier molecular flexibility index (Phi) is 4.73. The van der Waals surface area contributed by atoms with Gasteiger partial charge in [0.05, 0.1) is 19.5 Å². The molecule has 0 saturated carbocycles. The van der Waals surface area contributed by atoms with E-state index in [0.29, 0.717) is 31.9 Å². The van der Waals surface area contributed by atoms with Gasteiger partial charge in [0.25, 0.3) is 5.91 Å². The highest BCUT2D eigenvalue weighted by molar-refractivity contribution is 5.90. The summed E-state index contributed by atoms with van der Waals surface area (Å²) in [6.45, 7) is 1.94. The summed E-state index contributed by atoms with van der Waals surface area (Å²) in [7, 11) is 0. The van der Waals surface area contributed by atoms with Gasteiger partial charge < -0.3 is 18.8 Å². The molecule has 1 aliphatic heterocycles. The van der Waals surface area contributed by atoms with Crippen LogP contribution in [0.5, 0.6) is 0 Å². The number of esters is 1. The van der Waals surface area contributed by atoms with Crippen molar-refractivity contribution in [2.24, 2.45) is 0 Å². The van der Waals surface area contributed by atoms with Gasteiger partial charge in [-0.1, -0.05) is 30.3 Å². The summed E-state index contributed by atoms with van der Waals surface area (Å²) in [5.74, 6) is -0.842. The molecule has 0 bridgehead atoms. The van der Waals surface area contributed by atoms with E-state index in [2.05, 4.69) is 0 Å². The van der Waals surface area contributed by atoms with Crippen LogP contribution in [0.2, 0.25) is 0 Å². The monoisotopic (exact) mass is 315 g/mol. The fourth-order valence-electron chi connectivity index (χ4n) is 2.40. The van der Waals surface area contributed by atoms with Gasteiger partial charge in [-0.25, -0.2) is 4.79 Å². The van der Waals surface area contributed by atoms with E-state index in [9.17, 15) is 9.59 Å². The quantitative estimate of drug-likeness (QED) is 0.808. The Morgan fingerprint density at radius 3 is 2.43 bits per heavy atom. The van der Waals surface area contributed by atoms with Gasteiger partial charge in [0.1, 0.15) is 0 Å². The molecule has 0 N–H and O–H groups in total. The molecule has 1 saturated heterocycles. The minimum atomic E-state index is -0.994. The van der Waals surface area contributed by atoms with Crippen LogP contribution >= 0.6 is 0 Å². The van der Waals surface area contributed by atoms with Crippen LogP contribution in [-0.2, 0) is 14.3 Å². The highest BCUT2D eigenvalue weighted by Gasteiger charge is 2.31. The third kappa shape index (κ3) is 3.60. The number of hydrogen-bond donors (Lipinski definition) is 0. The van der Waals surface area contributed by atoms with Crippen molar-refractivity contribution < 1.29 is 23.5 Å². The van der Waals surface area contributed by atoms with Gasteiger partial charge in [-0.15, -0.1) is 0 Å². The number of rotatable bonds is 4. The Morgan fingerprint density at radius 1 is 1.04 bits per heavy atom. The van der Waals surface area contributed by atoms with E-state index in [4.69, 9.17) is 13.9 Å². The normalized spacial score (nSPS) is 15.9.